The molecule has 7 heteroatoms. The van der Waals surface area contributed by atoms with Crippen LogP contribution in [0.15, 0.2) is 72.1 Å². The van der Waals surface area contributed by atoms with Gasteiger partial charge >= 0.3 is 0 Å². The Bertz CT molecular complexity index is 1370. The molecule has 35 heavy (non-hydrogen) atoms. The minimum Gasteiger partial charge on any atom is -0.350 e. The van der Waals surface area contributed by atoms with Crippen molar-refractivity contribution in [3.8, 4) is 10.6 Å². The van der Waals surface area contributed by atoms with Crippen molar-refractivity contribution >= 4 is 28.8 Å². The van der Waals surface area contributed by atoms with E-state index < -0.39 is 5.54 Å². The van der Waals surface area contributed by atoms with Crippen LogP contribution < -0.4 is 10.2 Å². The molecule has 0 fully saturated rings. The topological polar surface area (TPSA) is 67.2 Å². The number of para-hydroxylation sites is 1. The number of hydrogen-bond acceptors (Lipinski definition) is 4. The van der Waals surface area contributed by atoms with E-state index in [0.717, 1.165) is 33.8 Å². The first-order valence-electron chi connectivity index (χ1n) is 11.8. The van der Waals surface area contributed by atoms with Crippen LogP contribution in [-0.4, -0.2) is 27.1 Å². The molecule has 1 atom stereocenters. The van der Waals surface area contributed by atoms with Crippen LogP contribution >= 0.6 is 11.3 Å². The van der Waals surface area contributed by atoms with Gasteiger partial charge in [0.25, 0.3) is 5.91 Å². The number of rotatable bonds is 6. The van der Waals surface area contributed by atoms with Crippen LogP contribution in [0, 0.1) is 6.92 Å². The molecule has 0 bridgehead atoms. The number of thiophene rings is 1. The van der Waals surface area contributed by atoms with Gasteiger partial charge in [-0.2, -0.15) is 5.10 Å². The van der Waals surface area contributed by atoms with Crippen LogP contribution in [0.2, 0.25) is 0 Å². The van der Waals surface area contributed by atoms with Gasteiger partial charge in [-0.3, -0.25) is 19.2 Å². The predicted octanol–water partition coefficient (Wildman–Crippen LogP) is 5.22. The lowest BCUT2D eigenvalue weighted by atomic mass is 9.92. The summed E-state index contributed by atoms with van der Waals surface area (Å²) in [4.78, 5) is 30.4. The fourth-order valence-corrected chi connectivity index (χ4v) is 5.29. The lowest BCUT2D eigenvalue weighted by Gasteiger charge is -2.43. The van der Waals surface area contributed by atoms with E-state index in [9.17, 15) is 9.59 Å². The van der Waals surface area contributed by atoms with E-state index in [2.05, 4.69) is 12.2 Å². The number of fused-ring (bicyclic) bond motifs is 1. The second-order valence-electron chi connectivity index (χ2n) is 9.11. The molecule has 4 aromatic rings. The zero-order chi connectivity index (χ0) is 24.6. The van der Waals surface area contributed by atoms with E-state index in [1.54, 1.807) is 20.9 Å². The third-order valence-corrected chi connectivity index (χ3v) is 7.50. The smallest absolute Gasteiger partial charge is 0.277 e. The Morgan fingerprint density at radius 1 is 1.11 bits per heavy atom. The van der Waals surface area contributed by atoms with Gasteiger partial charge in [-0.15, -0.1) is 11.3 Å². The highest BCUT2D eigenvalue weighted by molar-refractivity contribution is 7.13. The van der Waals surface area contributed by atoms with Gasteiger partial charge in [-0.25, -0.2) is 0 Å². The third kappa shape index (κ3) is 4.17. The van der Waals surface area contributed by atoms with Crippen molar-refractivity contribution in [2.24, 2.45) is 0 Å². The monoisotopic (exact) mass is 484 g/mol. The highest BCUT2D eigenvalue weighted by atomic mass is 32.1. The molecule has 5 rings (SSSR count). The number of nitrogens with one attached hydrogen (secondary N) is 1. The van der Waals surface area contributed by atoms with E-state index in [0.29, 0.717) is 12.2 Å². The molecule has 0 saturated carbocycles. The molecule has 2 aromatic carbocycles. The number of carbonyl (C=O) groups excluding carboxylic acids is 2. The average molecular weight is 485 g/mol. The number of carbonyl (C=O) groups is 2. The Hall–Kier alpha value is -3.71. The molecule has 1 aliphatic rings. The minimum absolute atomic E-state index is 0.212. The highest BCUT2D eigenvalue weighted by Gasteiger charge is 2.49. The van der Waals surface area contributed by atoms with Crippen molar-refractivity contribution < 1.29 is 9.59 Å². The molecule has 2 amide bonds. The van der Waals surface area contributed by atoms with Gasteiger partial charge in [0.05, 0.1) is 11.4 Å². The molecule has 0 unspecified atom stereocenters. The first-order chi connectivity index (χ1) is 16.9. The molecule has 0 saturated heterocycles. The number of nitrogens with zero attached hydrogens (tertiary/aromatic N) is 3. The number of hydrogen-bond donors (Lipinski definition) is 1. The Morgan fingerprint density at radius 2 is 1.89 bits per heavy atom. The first-order valence-corrected chi connectivity index (χ1v) is 12.7. The quantitative estimate of drug-likeness (QED) is 0.408. The molecule has 178 valence electrons. The van der Waals surface area contributed by atoms with Gasteiger partial charge < -0.3 is 5.32 Å². The third-order valence-electron chi connectivity index (χ3n) is 6.60. The first kappa shape index (κ1) is 23.1. The maximum atomic E-state index is 14.0. The van der Waals surface area contributed by atoms with Crippen LogP contribution in [0.3, 0.4) is 0 Å². The summed E-state index contributed by atoms with van der Waals surface area (Å²) in [5.74, 6) is -0.434. The second-order valence-corrected chi connectivity index (χ2v) is 10.1. The van der Waals surface area contributed by atoms with Gasteiger partial charge in [0.1, 0.15) is 16.9 Å². The maximum absolute atomic E-state index is 14.0. The summed E-state index contributed by atoms with van der Waals surface area (Å²) in [5, 5.41) is 9.79. The fourth-order valence-electron chi connectivity index (χ4n) is 4.61. The lowest BCUT2D eigenvalue weighted by Crippen LogP contribution is -2.64. The van der Waals surface area contributed by atoms with Crippen LogP contribution in [0.5, 0.6) is 0 Å². The summed E-state index contributed by atoms with van der Waals surface area (Å²) in [6.45, 7) is 6.57. The van der Waals surface area contributed by atoms with Crippen molar-refractivity contribution in [1.82, 2.24) is 15.1 Å². The largest absolute Gasteiger partial charge is 0.350 e. The number of amides is 2. The van der Waals surface area contributed by atoms with Crippen LogP contribution in [-0.2, 0) is 24.3 Å². The molecule has 0 radical (unpaired) electrons. The van der Waals surface area contributed by atoms with Crippen molar-refractivity contribution in [3.05, 3.63) is 94.5 Å². The van der Waals surface area contributed by atoms with Crippen LogP contribution in [0.1, 0.15) is 41.0 Å². The van der Waals surface area contributed by atoms with E-state index in [-0.39, 0.29) is 18.4 Å². The Labute approximate surface area is 209 Å². The van der Waals surface area contributed by atoms with Gasteiger partial charge in [-0.05, 0) is 55.0 Å². The summed E-state index contributed by atoms with van der Waals surface area (Å²) < 4.78 is 1.69. The molecule has 2 aromatic heterocycles. The number of aryl methyl sites for hydroxylation is 2. The minimum atomic E-state index is -1.15. The SMILES string of the molecule is CCc1ccccc1N1C(=O)c2cc(-c3cccs3)nn2C[C@]1(C)C(=O)NCc1ccc(C)cc1. The van der Waals surface area contributed by atoms with Gasteiger partial charge in [0, 0.05) is 12.2 Å². The molecular formula is C28H28N4O2S. The molecule has 1 aliphatic heterocycles. The normalized spacial score (nSPS) is 17.3. The molecular weight excluding hydrogens is 456 g/mol. The summed E-state index contributed by atoms with van der Waals surface area (Å²) >= 11 is 1.58. The summed E-state index contributed by atoms with van der Waals surface area (Å²) in [5.41, 5.74) is 4.04. The predicted molar refractivity (Wildman–Crippen MR) is 140 cm³/mol. The molecule has 1 N–H and O–H groups in total. The van der Waals surface area contributed by atoms with E-state index >= 15 is 0 Å². The average Bonchev–Trinajstić information content (AvgIpc) is 3.54. The van der Waals surface area contributed by atoms with Gasteiger partial charge in [0.15, 0.2) is 0 Å². The lowest BCUT2D eigenvalue weighted by molar-refractivity contribution is -0.126. The summed E-state index contributed by atoms with van der Waals surface area (Å²) in [6, 6.07) is 21.7. The van der Waals surface area contributed by atoms with Crippen molar-refractivity contribution in [2.75, 3.05) is 4.90 Å². The zero-order valence-corrected chi connectivity index (χ0v) is 20.9. The molecule has 3 heterocycles. The van der Waals surface area contributed by atoms with Gasteiger partial charge in [-0.1, -0.05) is 61.0 Å². The standard InChI is InChI=1S/C28H28N4O2S/c1-4-21-8-5-6-9-23(21)32-26(33)24-16-22(25-10-7-15-35-25)30-31(24)18-28(32,3)27(34)29-17-20-13-11-19(2)12-14-20/h5-16H,4,17-18H2,1-3H3,(H,29,34)/t28-/m1/s1. The van der Waals surface area contributed by atoms with E-state index in [4.69, 9.17) is 5.10 Å². The molecule has 0 aliphatic carbocycles. The van der Waals surface area contributed by atoms with Crippen molar-refractivity contribution in [2.45, 2.75) is 45.8 Å². The Balaban J connectivity index is 1.55. The van der Waals surface area contributed by atoms with Gasteiger partial charge in [0.2, 0.25) is 5.91 Å². The second kappa shape index (κ2) is 9.15. The van der Waals surface area contributed by atoms with Crippen LogP contribution in [0.4, 0.5) is 5.69 Å². The highest BCUT2D eigenvalue weighted by Crippen LogP contribution is 2.36. The Kier molecular flexibility index (Phi) is 6.03. The Morgan fingerprint density at radius 3 is 2.60 bits per heavy atom. The maximum Gasteiger partial charge on any atom is 0.277 e. The molecule has 0 spiro atoms. The number of benzene rings is 2. The summed E-state index contributed by atoms with van der Waals surface area (Å²) in [6.07, 6.45) is 0.751. The van der Waals surface area contributed by atoms with E-state index in [1.165, 1.54) is 5.56 Å². The summed E-state index contributed by atoms with van der Waals surface area (Å²) in [7, 11) is 0. The van der Waals surface area contributed by atoms with Crippen molar-refractivity contribution in [1.29, 1.82) is 0 Å². The zero-order valence-electron chi connectivity index (χ0n) is 20.1. The fraction of sp³-hybridized carbons (Fsp3) is 0.250. The number of aromatic nitrogens is 2. The van der Waals surface area contributed by atoms with Crippen LogP contribution in [0.25, 0.3) is 10.6 Å². The van der Waals surface area contributed by atoms with E-state index in [1.807, 2.05) is 86.0 Å². The van der Waals surface area contributed by atoms with Crippen molar-refractivity contribution in [3.63, 3.8) is 0 Å². The molecule has 6 nitrogen and oxygen atoms in total. The number of anilines is 1.